The van der Waals surface area contributed by atoms with Crippen LogP contribution in [0.25, 0.3) is 0 Å². The fourth-order valence-corrected chi connectivity index (χ4v) is 1.26. The predicted molar refractivity (Wildman–Crippen MR) is 72.6 cm³/mol. The first-order chi connectivity index (χ1) is 9.60. The number of pyridine rings is 2. The van der Waals surface area contributed by atoms with E-state index in [4.69, 9.17) is 15.2 Å². The van der Waals surface area contributed by atoms with E-state index in [0.717, 1.165) is 6.20 Å². The van der Waals surface area contributed by atoms with Crippen molar-refractivity contribution in [3.05, 3.63) is 47.0 Å². The van der Waals surface area contributed by atoms with Gasteiger partial charge >= 0.3 is 5.69 Å². The molecular weight excluding hydrogens is 264 g/mol. The molecule has 0 radical (unpaired) electrons. The summed E-state index contributed by atoms with van der Waals surface area (Å²) >= 11 is 0. The molecule has 0 fully saturated rings. The van der Waals surface area contributed by atoms with Crippen LogP contribution in [-0.4, -0.2) is 29.1 Å². The molecule has 0 aliphatic rings. The first-order valence-electron chi connectivity index (χ1n) is 5.46. The van der Waals surface area contributed by atoms with Crippen LogP contribution in [0.5, 0.6) is 11.5 Å². The number of hydrogen-bond acceptors (Lipinski definition) is 7. The lowest BCUT2D eigenvalue weighted by molar-refractivity contribution is -0.386. The lowest BCUT2D eigenvalue weighted by atomic mass is 10.4. The van der Waals surface area contributed by atoms with Crippen molar-refractivity contribution in [1.82, 2.24) is 9.97 Å². The highest BCUT2D eigenvalue weighted by Gasteiger charge is 2.12. The van der Waals surface area contributed by atoms with Crippen molar-refractivity contribution >= 4 is 11.4 Å². The van der Waals surface area contributed by atoms with Gasteiger partial charge in [0.2, 0.25) is 0 Å². The highest BCUT2D eigenvalue weighted by Crippen LogP contribution is 2.23. The smallest absolute Gasteiger partial charge is 0.328 e. The zero-order chi connectivity index (χ0) is 15.0. The van der Waals surface area contributed by atoms with Crippen LogP contribution >= 0.6 is 0 Å². The van der Waals surface area contributed by atoms with Gasteiger partial charge in [-0.2, -0.15) is 0 Å². The molecule has 2 aromatic rings. The largest absolute Gasteiger partial charge is 0.494 e. The van der Waals surface area contributed by atoms with Gasteiger partial charge in [0, 0.05) is 24.5 Å². The second-order valence-corrected chi connectivity index (χ2v) is 3.42. The second kappa shape index (κ2) is 7.52. The van der Waals surface area contributed by atoms with Crippen LogP contribution in [0.4, 0.5) is 11.4 Å². The molecule has 0 bridgehead atoms. The van der Waals surface area contributed by atoms with Gasteiger partial charge in [-0.05, 0) is 0 Å². The summed E-state index contributed by atoms with van der Waals surface area (Å²) < 4.78 is 9.60. The maximum Gasteiger partial charge on any atom is 0.328 e. The predicted octanol–water partition coefficient (Wildman–Crippen LogP) is 1.67. The average Bonchev–Trinajstić information content (AvgIpc) is 2.48. The number of rotatable bonds is 3. The monoisotopic (exact) mass is 278 g/mol. The highest BCUT2D eigenvalue weighted by atomic mass is 16.6. The first kappa shape index (κ1) is 15.2. The molecule has 0 saturated heterocycles. The van der Waals surface area contributed by atoms with E-state index in [0.29, 0.717) is 11.4 Å². The van der Waals surface area contributed by atoms with Crippen LogP contribution in [0, 0.1) is 10.1 Å². The minimum absolute atomic E-state index is 0.116. The molecule has 0 unspecified atom stereocenters. The summed E-state index contributed by atoms with van der Waals surface area (Å²) in [6, 6.07) is 3.16. The molecular formula is C12H14N4O4. The number of ether oxygens (including phenoxy) is 2. The molecule has 2 N–H and O–H groups in total. The Morgan fingerprint density at radius 2 is 1.65 bits per heavy atom. The van der Waals surface area contributed by atoms with E-state index in [-0.39, 0.29) is 11.4 Å². The van der Waals surface area contributed by atoms with Gasteiger partial charge in [-0.25, -0.2) is 0 Å². The summed E-state index contributed by atoms with van der Waals surface area (Å²) in [5, 5.41) is 10.3. The topological polar surface area (TPSA) is 113 Å². The minimum Gasteiger partial charge on any atom is -0.494 e. The molecule has 2 aromatic heterocycles. The quantitative estimate of drug-likeness (QED) is 0.670. The van der Waals surface area contributed by atoms with E-state index in [1.54, 1.807) is 25.6 Å². The number of nitrogens with zero attached hydrogens (tertiary/aromatic N) is 3. The Hall–Kier alpha value is -2.90. The SMILES string of the molecule is COc1ccncc1N.COc1ccncc1[N+](=O)[O-]. The van der Waals surface area contributed by atoms with Crippen LogP contribution < -0.4 is 15.2 Å². The van der Waals surface area contributed by atoms with Crippen molar-refractivity contribution < 1.29 is 14.4 Å². The van der Waals surface area contributed by atoms with Crippen molar-refractivity contribution in [3.63, 3.8) is 0 Å². The Kier molecular flexibility index (Phi) is 5.70. The average molecular weight is 278 g/mol. The van der Waals surface area contributed by atoms with E-state index in [2.05, 4.69) is 9.97 Å². The van der Waals surface area contributed by atoms with Crippen molar-refractivity contribution in [2.24, 2.45) is 0 Å². The molecule has 8 nitrogen and oxygen atoms in total. The molecule has 0 saturated carbocycles. The highest BCUT2D eigenvalue weighted by molar-refractivity contribution is 5.49. The lowest BCUT2D eigenvalue weighted by Crippen LogP contribution is -1.93. The third-order valence-electron chi connectivity index (χ3n) is 2.21. The van der Waals surface area contributed by atoms with Crippen molar-refractivity contribution in [1.29, 1.82) is 0 Å². The van der Waals surface area contributed by atoms with Gasteiger partial charge in [0.05, 0.1) is 31.0 Å². The number of nitrogen functional groups attached to an aromatic ring is 1. The molecule has 106 valence electrons. The number of nitrogens with two attached hydrogens (primary N) is 1. The summed E-state index contributed by atoms with van der Waals surface area (Å²) in [6.45, 7) is 0. The molecule has 0 aliphatic heterocycles. The summed E-state index contributed by atoms with van der Waals surface area (Å²) in [6.07, 6.45) is 5.78. The Bertz CT molecular complexity index is 577. The van der Waals surface area contributed by atoms with E-state index in [9.17, 15) is 10.1 Å². The van der Waals surface area contributed by atoms with Crippen LogP contribution in [0.3, 0.4) is 0 Å². The van der Waals surface area contributed by atoms with Gasteiger partial charge in [-0.15, -0.1) is 0 Å². The van der Waals surface area contributed by atoms with Crippen molar-refractivity contribution in [2.45, 2.75) is 0 Å². The number of methoxy groups -OCH3 is 2. The number of hydrogen-bond donors (Lipinski definition) is 1. The number of anilines is 1. The Morgan fingerprint density at radius 1 is 1.10 bits per heavy atom. The summed E-state index contributed by atoms with van der Waals surface area (Å²) in [4.78, 5) is 17.1. The first-order valence-corrected chi connectivity index (χ1v) is 5.46. The molecule has 2 heterocycles. The van der Waals surface area contributed by atoms with Crippen molar-refractivity contribution in [2.75, 3.05) is 20.0 Å². The molecule has 0 atom stereocenters. The van der Waals surface area contributed by atoms with Crippen LogP contribution in [-0.2, 0) is 0 Å². The molecule has 0 spiro atoms. The summed E-state index contributed by atoms with van der Waals surface area (Å²) in [5.74, 6) is 0.898. The lowest BCUT2D eigenvalue weighted by Gasteiger charge is -1.99. The Balaban J connectivity index is 0.000000204. The van der Waals surface area contributed by atoms with Crippen LogP contribution in [0.15, 0.2) is 36.9 Å². The normalized spacial score (nSPS) is 9.10. The van der Waals surface area contributed by atoms with Gasteiger partial charge in [0.15, 0.2) is 5.75 Å². The molecule has 0 aliphatic carbocycles. The third-order valence-corrected chi connectivity index (χ3v) is 2.21. The number of nitro groups is 1. The minimum atomic E-state index is -0.536. The molecule has 0 aromatic carbocycles. The Morgan fingerprint density at radius 3 is 2.05 bits per heavy atom. The van der Waals surface area contributed by atoms with E-state index in [1.165, 1.54) is 19.4 Å². The molecule has 2 rings (SSSR count). The molecule has 8 heteroatoms. The van der Waals surface area contributed by atoms with E-state index < -0.39 is 4.92 Å². The van der Waals surface area contributed by atoms with Gasteiger partial charge < -0.3 is 15.2 Å². The van der Waals surface area contributed by atoms with Gasteiger partial charge in [-0.1, -0.05) is 0 Å². The van der Waals surface area contributed by atoms with Crippen LogP contribution in [0.1, 0.15) is 0 Å². The third kappa shape index (κ3) is 4.09. The summed E-state index contributed by atoms with van der Waals surface area (Å²) in [7, 11) is 2.95. The molecule has 0 amide bonds. The van der Waals surface area contributed by atoms with Gasteiger partial charge in [-0.3, -0.25) is 20.1 Å². The van der Waals surface area contributed by atoms with Crippen LogP contribution in [0.2, 0.25) is 0 Å². The second-order valence-electron chi connectivity index (χ2n) is 3.42. The molecule has 20 heavy (non-hydrogen) atoms. The maximum atomic E-state index is 10.3. The summed E-state index contributed by atoms with van der Waals surface area (Å²) in [5.41, 5.74) is 5.90. The number of aromatic nitrogens is 2. The van der Waals surface area contributed by atoms with E-state index in [1.807, 2.05) is 0 Å². The van der Waals surface area contributed by atoms with Gasteiger partial charge in [0.25, 0.3) is 0 Å². The standard InChI is InChI=1S/C6H6N2O3.C6H8N2O/c1-11-6-2-3-7-4-5(6)8(9)10;1-9-6-2-3-8-4-5(6)7/h2-4H,1H3;2-4H,7H2,1H3. The Labute approximate surface area is 115 Å². The fraction of sp³-hybridized carbons (Fsp3) is 0.167. The zero-order valence-electron chi connectivity index (χ0n) is 11.0. The van der Waals surface area contributed by atoms with E-state index >= 15 is 0 Å². The van der Waals surface area contributed by atoms with Gasteiger partial charge in [0.1, 0.15) is 11.9 Å². The maximum absolute atomic E-state index is 10.3. The zero-order valence-corrected chi connectivity index (χ0v) is 11.0. The van der Waals surface area contributed by atoms with Crippen molar-refractivity contribution in [3.8, 4) is 11.5 Å². The fourth-order valence-electron chi connectivity index (χ4n) is 1.26.